The minimum Gasteiger partial charge on any atom is -0.323 e. The van der Waals surface area contributed by atoms with E-state index < -0.39 is 0 Å². The van der Waals surface area contributed by atoms with Crippen molar-refractivity contribution in [2.45, 2.75) is 11.9 Å². The van der Waals surface area contributed by atoms with Crippen molar-refractivity contribution >= 4 is 17.7 Å². The molecule has 1 aliphatic heterocycles. The van der Waals surface area contributed by atoms with E-state index in [1.165, 1.54) is 12.1 Å². The molecule has 0 unspecified atom stereocenters. The molecule has 1 amide bonds. The quantitative estimate of drug-likeness (QED) is 0.696. The second kappa shape index (κ2) is 6.76. The number of carbonyl (C=O) groups excluding carboxylic acids is 1. The molecule has 4 rings (SSSR count). The fourth-order valence-electron chi connectivity index (χ4n) is 3.04. The van der Waals surface area contributed by atoms with Crippen LogP contribution >= 0.6 is 11.8 Å². The van der Waals surface area contributed by atoms with Gasteiger partial charge in [-0.2, -0.15) is 0 Å². The molecule has 0 spiro atoms. The Balaban J connectivity index is 1.59. The molecule has 3 nitrogen and oxygen atoms in total. The van der Waals surface area contributed by atoms with Crippen LogP contribution in [0.1, 0.15) is 16.5 Å². The van der Waals surface area contributed by atoms with Gasteiger partial charge >= 0.3 is 0 Å². The van der Waals surface area contributed by atoms with Crippen molar-refractivity contribution in [2.24, 2.45) is 0 Å². The Hall–Kier alpha value is -2.53. The molecule has 1 fully saturated rings. The summed E-state index contributed by atoms with van der Waals surface area (Å²) in [4.78, 5) is 14.2. The molecule has 126 valence electrons. The van der Waals surface area contributed by atoms with Crippen LogP contribution in [-0.4, -0.2) is 21.1 Å². The zero-order chi connectivity index (χ0) is 17.2. The number of benzene rings is 2. The maximum atomic E-state index is 13.4. The third-order valence-corrected chi connectivity index (χ3v) is 5.53. The lowest BCUT2D eigenvalue weighted by Crippen LogP contribution is -2.27. The molecule has 1 atom stereocenters. The Morgan fingerprint density at radius 2 is 1.92 bits per heavy atom. The summed E-state index contributed by atoms with van der Waals surface area (Å²) >= 11 is 1.63. The first-order valence-electron chi connectivity index (χ1n) is 8.09. The monoisotopic (exact) mass is 352 g/mol. The zero-order valence-corrected chi connectivity index (χ0v) is 14.3. The van der Waals surface area contributed by atoms with Gasteiger partial charge in [0.1, 0.15) is 11.2 Å². The topological polar surface area (TPSA) is 25.2 Å². The van der Waals surface area contributed by atoms with Crippen LogP contribution in [0, 0.1) is 5.82 Å². The van der Waals surface area contributed by atoms with Crippen LogP contribution < -0.4 is 0 Å². The van der Waals surface area contributed by atoms with E-state index in [4.69, 9.17) is 0 Å². The molecule has 2 aromatic carbocycles. The van der Waals surface area contributed by atoms with Crippen molar-refractivity contribution < 1.29 is 9.18 Å². The number of rotatable bonds is 4. The third-order valence-electron chi connectivity index (χ3n) is 4.27. The van der Waals surface area contributed by atoms with Gasteiger partial charge in [-0.1, -0.05) is 36.4 Å². The minimum absolute atomic E-state index is 0.0116. The maximum Gasteiger partial charge on any atom is 0.234 e. The average Bonchev–Trinajstić information content (AvgIpc) is 3.24. The van der Waals surface area contributed by atoms with Gasteiger partial charge in [-0.25, -0.2) is 4.39 Å². The first-order chi connectivity index (χ1) is 12.2. The molecule has 3 aromatic rings. The van der Waals surface area contributed by atoms with E-state index >= 15 is 0 Å². The van der Waals surface area contributed by atoms with E-state index in [1.54, 1.807) is 17.8 Å². The number of thioether (sulfide) groups is 1. The van der Waals surface area contributed by atoms with Crippen LogP contribution in [0.5, 0.6) is 0 Å². The Bertz CT molecular complexity index is 893. The van der Waals surface area contributed by atoms with Crippen LogP contribution in [0.2, 0.25) is 0 Å². The Morgan fingerprint density at radius 3 is 2.72 bits per heavy atom. The lowest BCUT2D eigenvalue weighted by atomic mass is 10.2. The van der Waals surface area contributed by atoms with Gasteiger partial charge in [0.05, 0.1) is 5.75 Å². The summed E-state index contributed by atoms with van der Waals surface area (Å²) in [6, 6.07) is 18.5. The largest absolute Gasteiger partial charge is 0.323 e. The summed E-state index contributed by atoms with van der Waals surface area (Å²) in [5.41, 5.74) is 2.94. The highest BCUT2D eigenvalue weighted by Crippen LogP contribution is 2.39. The van der Waals surface area contributed by atoms with Gasteiger partial charge in [-0.15, -0.1) is 11.8 Å². The van der Waals surface area contributed by atoms with Crippen LogP contribution in [-0.2, 0) is 11.3 Å². The molecule has 25 heavy (non-hydrogen) atoms. The van der Waals surface area contributed by atoms with E-state index in [-0.39, 0.29) is 17.1 Å². The van der Waals surface area contributed by atoms with E-state index in [0.717, 1.165) is 16.8 Å². The van der Waals surface area contributed by atoms with Gasteiger partial charge in [0.2, 0.25) is 5.91 Å². The third kappa shape index (κ3) is 3.33. The fraction of sp³-hybridized carbons (Fsp3) is 0.150. The smallest absolute Gasteiger partial charge is 0.234 e. The van der Waals surface area contributed by atoms with Crippen molar-refractivity contribution in [3.63, 3.8) is 0 Å². The molecule has 1 aliphatic rings. The number of nitrogens with zero attached hydrogens (tertiary/aromatic N) is 2. The maximum absolute atomic E-state index is 13.4. The molecule has 0 N–H and O–H groups in total. The molecule has 0 radical (unpaired) electrons. The van der Waals surface area contributed by atoms with Gasteiger partial charge < -0.3 is 9.47 Å². The predicted octanol–water partition coefficient (Wildman–Crippen LogP) is 4.39. The molecule has 0 aliphatic carbocycles. The van der Waals surface area contributed by atoms with E-state index in [0.29, 0.717) is 12.3 Å². The van der Waals surface area contributed by atoms with Crippen molar-refractivity contribution in [3.05, 3.63) is 90.0 Å². The molecule has 2 heterocycles. The van der Waals surface area contributed by atoms with E-state index in [1.807, 2.05) is 64.3 Å². The number of hydrogen-bond acceptors (Lipinski definition) is 2. The van der Waals surface area contributed by atoms with Gasteiger partial charge in [0, 0.05) is 30.2 Å². The highest BCUT2D eigenvalue weighted by atomic mass is 32.2. The van der Waals surface area contributed by atoms with Crippen molar-refractivity contribution in [1.82, 2.24) is 9.47 Å². The highest BCUT2D eigenvalue weighted by molar-refractivity contribution is 8.00. The summed E-state index contributed by atoms with van der Waals surface area (Å²) < 4.78 is 15.3. The number of hydrogen-bond donors (Lipinski definition) is 0. The summed E-state index contributed by atoms with van der Waals surface area (Å²) in [7, 11) is 0. The van der Waals surface area contributed by atoms with Gasteiger partial charge in [-0.3, -0.25) is 4.79 Å². The Morgan fingerprint density at radius 1 is 1.08 bits per heavy atom. The minimum atomic E-state index is -0.260. The lowest BCUT2D eigenvalue weighted by molar-refractivity contribution is -0.128. The number of amides is 1. The summed E-state index contributed by atoms with van der Waals surface area (Å²) in [6.07, 6.45) is 3.89. The Kier molecular flexibility index (Phi) is 4.32. The molecular formula is C20H17FN2OS. The van der Waals surface area contributed by atoms with Crippen LogP contribution in [0.3, 0.4) is 0 Å². The van der Waals surface area contributed by atoms with Crippen LogP contribution in [0.25, 0.3) is 5.69 Å². The summed E-state index contributed by atoms with van der Waals surface area (Å²) in [5.74, 6) is 0.379. The summed E-state index contributed by atoms with van der Waals surface area (Å²) in [6.45, 7) is 0.600. The summed E-state index contributed by atoms with van der Waals surface area (Å²) in [5, 5.41) is -0.0116. The SMILES string of the molecule is O=C1CS[C@H](c2ccn(-c3cccc(F)c3)c2)N1Cc1ccccc1. The molecular weight excluding hydrogens is 335 g/mol. The fourth-order valence-corrected chi connectivity index (χ4v) is 4.21. The molecule has 0 saturated carbocycles. The van der Waals surface area contributed by atoms with Crippen molar-refractivity contribution in [2.75, 3.05) is 5.75 Å². The predicted molar refractivity (Wildman–Crippen MR) is 97.9 cm³/mol. The van der Waals surface area contributed by atoms with Gasteiger partial charge in [-0.05, 0) is 29.8 Å². The second-order valence-electron chi connectivity index (χ2n) is 6.00. The number of halogens is 1. The molecule has 1 saturated heterocycles. The normalized spacial score (nSPS) is 17.2. The number of carbonyl (C=O) groups is 1. The molecule has 5 heteroatoms. The van der Waals surface area contributed by atoms with E-state index in [2.05, 4.69) is 0 Å². The first kappa shape index (κ1) is 16.0. The Labute approximate surface area is 150 Å². The average molecular weight is 352 g/mol. The van der Waals surface area contributed by atoms with Crippen LogP contribution in [0.15, 0.2) is 73.1 Å². The first-order valence-corrected chi connectivity index (χ1v) is 9.14. The second-order valence-corrected chi connectivity index (χ2v) is 7.07. The van der Waals surface area contributed by atoms with Crippen LogP contribution in [0.4, 0.5) is 4.39 Å². The molecule has 0 bridgehead atoms. The molecule has 1 aromatic heterocycles. The standard InChI is InChI=1S/C20H17FN2OS/c21-17-7-4-8-18(11-17)22-10-9-16(13-22)20-23(19(24)14-25-20)12-15-5-2-1-3-6-15/h1-11,13,20H,12,14H2/t20-/m1/s1. The number of aromatic nitrogens is 1. The van der Waals surface area contributed by atoms with Gasteiger partial charge in [0.15, 0.2) is 0 Å². The van der Waals surface area contributed by atoms with E-state index in [9.17, 15) is 9.18 Å². The van der Waals surface area contributed by atoms with Crippen molar-refractivity contribution in [1.29, 1.82) is 0 Å². The zero-order valence-electron chi connectivity index (χ0n) is 13.5. The van der Waals surface area contributed by atoms with Crippen molar-refractivity contribution in [3.8, 4) is 5.69 Å². The highest BCUT2D eigenvalue weighted by Gasteiger charge is 2.33. The lowest BCUT2D eigenvalue weighted by Gasteiger charge is -2.23. The van der Waals surface area contributed by atoms with Gasteiger partial charge in [0.25, 0.3) is 0 Å².